The first-order valence-corrected chi connectivity index (χ1v) is 6.79. The number of carbonyl (C=O) groups is 1. The lowest BCUT2D eigenvalue weighted by Gasteiger charge is -2.36. The van der Waals surface area contributed by atoms with Crippen molar-refractivity contribution >= 4 is 5.91 Å². The van der Waals surface area contributed by atoms with Crippen molar-refractivity contribution in [3.63, 3.8) is 0 Å². The van der Waals surface area contributed by atoms with Gasteiger partial charge >= 0.3 is 0 Å². The first-order valence-electron chi connectivity index (χ1n) is 6.79. The molecule has 5 heteroatoms. The molecular formula is C13H26N2O3. The summed E-state index contributed by atoms with van der Waals surface area (Å²) in [5.41, 5.74) is 5.04. The van der Waals surface area contributed by atoms with Crippen LogP contribution in [-0.2, 0) is 9.53 Å². The number of rotatable bonds is 6. The second-order valence-corrected chi connectivity index (χ2v) is 5.28. The Morgan fingerprint density at radius 1 is 1.50 bits per heavy atom. The van der Waals surface area contributed by atoms with Crippen molar-refractivity contribution in [3.8, 4) is 0 Å². The van der Waals surface area contributed by atoms with Gasteiger partial charge in [-0.05, 0) is 6.42 Å². The van der Waals surface area contributed by atoms with Gasteiger partial charge in [-0.25, -0.2) is 0 Å². The van der Waals surface area contributed by atoms with Crippen molar-refractivity contribution in [2.45, 2.75) is 50.7 Å². The molecule has 1 heterocycles. The highest BCUT2D eigenvalue weighted by Crippen LogP contribution is 2.21. The van der Waals surface area contributed by atoms with Crippen LogP contribution in [0, 0.1) is 0 Å². The third-order valence-corrected chi connectivity index (χ3v) is 3.52. The molecular weight excluding hydrogens is 232 g/mol. The quantitative estimate of drug-likeness (QED) is 0.727. The van der Waals surface area contributed by atoms with E-state index in [0.29, 0.717) is 39.0 Å². The lowest BCUT2D eigenvalue weighted by Crippen LogP contribution is -2.51. The summed E-state index contributed by atoms with van der Waals surface area (Å²) in [5, 5.41) is 10.3. The zero-order valence-corrected chi connectivity index (χ0v) is 11.5. The van der Waals surface area contributed by atoms with Crippen LogP contribution in [0.25, 0.3) is 0 Å². The smallest absolute Gasteiger partial charge is 0.239 e. The second-order valence-electron chi connectivity index (χ2n) is 5.28. The number of nitrogens with two attached hydrogens (primary N) is 1. The summed E-state index contributed by atoms with van der Waals surface area (Å²) in [5.74, 6) is -0.0802. The Morgan fingerprint density at radius 3 is 2.67 bits per heavy atom. The fourth-order valence-electron chi connectivity index (χ4n) is 2.26. The number of nitrogens with zero attached hydrogens (tertiary/aromatic N) is 1. The van der Waals surface area contributed by atoms with Crippen LogP contribution in [-0.4, -0.2) is 54.4 Å². The lowest BCUT2D eigenvalue weighted by molar-refractivity contribution is -0.138. The fourth-order valence-corrected chi connectivity index (χ4v) is 2.26. The van der Waals surface area contributed by atoms with Crippen LogP contribution in [0.1, 0.15) is 39.0 Å². The van der Waals surface area contributed by atoms with Gasteiger partial charge in [-0.2, -0.15) is 0 Å². The number of ether oxygens (including phenoxy) is 1. The molecule has 1 atom stereocenters. The van der Waals surface area contributed by atoms with E-state index in [9.17, 15) is 9.90 Å². The number of likely N-dealkylation sites (N-methyl/N-ethyl adjacent to an activating group) is 1. The van der Waals surface area contributed by atoms with Gasteiger partial charge in [0.25, 0.3) is 0 Å². The van der Waals surface area contributed by atoms with E-state index in [1.165, 1.54) is 0 Å². The maximum Gasteiger partial charge on any atom is 0.239 e. The number of unbranched alkanes of at least 4 members (excludes halogenated alkanes) is 1. The summed E-state index contributed by atoms with van der Waals surface area (Å²) in [6.07, 6.45) is 3.86. The molecule has 0 saturated carbocycles. The predicted octanol–water partition coefficient (Wildman–Crippen LogP) is 0.504. The molecule has 0 aromatic carbocycles. The third-order valence-electron chi connectivity index (χ3n) is 3.52. The summed E-state index contributed by atoms with van der Waals surface area (Å²) in [6.45, 7) is 3.53. The van der Waals surface area contributed by atoms with Gasteiger partial charge in [0.15, 0.2) is 0 Å². The van der Waals surface area contributed by atoms with Crippen molar-refractivity contribution in [1.29, 1.82) is 0 Å². The molecule has 106 valence electrons. The molecule has 1 saturated heterocycles. The molecule has 0 radical (unpaired) electrons. The average Bonchev–Trinajstić information content (AvgIpc) is 2.35. The van der Waals surface area contributed by atoms with Gasteiger partial charge in [0, 0.05) is 39.6 Å². The topological polar surface area (TPSA) is 75.8 Å². The molecule has 0 unspecified atom stereocenters. The van der Waals surface area contributed by atoms with E-state index in [1.807, 2.05) is 0 Å². The molecule has 1 aliphatic heterocycles. The number of carbonyl (C=O) groups excluding carboxylic acids is 1. The number of hydrogen-bond acceptors (Lipinski definition) is 4. The Kier molecular flexibility index (Phi) is 6.05. The molecule has 1 amide bonds. The minimum absolute atomic E-state index is 0.0802. The normalized spacial score (nSPS) is 20.4. The molecule has 0 bridgehead atoms. The van der Waals surface area contributed by atoms with Gasteiger partial charge in [-0.15, -0.1) is 0 Å². The molecule has 1 fully saturated rings. The minimum atomic E-state index is -0.812. The zero-order chi connectivity index (χ0) is 13.6. The predicted molar refractivity (Wildman–Crippen MR) is 70.1 cm³/mol. The van der Waals surface area contributed by atoms with Crippen LogP contribution in [0.15, 0.2) is 0 Å². The van der Waals surface area contributed by atoms with Gasteiger partial charge in [0.1, 0.15) is 0 Å². The van der Waals surface area contributed by atoms with Crippen molar-refractivity contribution in [1.82, 2.24) is 4.90 Å². The summed E-state index contributed by atoms with van der Waals surface area (Å²) >= 11 is 0. The Bertz CT molecular complexity index is 265. The van der Waals surface area contributed by atoms with E-state index in [1.54, 1.807) is 11.9 Å². The van der Waals surface area contributed by atoms with Gasteiger partial charge < -0.3 is 20.5 Å². The molecule has 1 aliphatic rings. The Hall–Kier alpha value is -0.650. The molecule has 18 heavy (non-hydrogen) atoms. The Labute approximate surface area is 109 Å². The van der Waals surface area contributed by atoms with Crippen molar-refractivity contribution in [2.75, 3.05) is 26.8 Å². The van der Waals surface area contributed by atoms with Crippen LogP contribution in [0.2, 0.25) is 0 Å². The van der Waals surface area contributed by atoms with Crippen LogP contribution in [0.3, 0.4) is 0 Å². The summed E-state index contributed by atoms with van der Waals surface area (Å²) in [4.78, 5) is 13.6. The Morgan fingerprint density at radius 2 is 2.11 bits per heavy atom. The minimum Gasteiger partial charge on any atom is -0.388 e. The van der Waals surface area contributed by atoms with Crippen LogP contribution in [0.4, 0.5) is 0 Å². The van der Waals surface area contributed by atoms with Crippen molar-refractivity contribution in [3.05, 3.63) is 0 Å². The fraction of sp³-hybridized carbons (Fsp3) is 0.923. The third kappa shape index (κ3) is 4.55. The van der Waals surface area contributed by atoms with Crippen LogP contribution in [0.5, 0.6) is 0 Å². The molecule has 3 N–H and O–H groups in total. The zero-order valence-electron chi connectivity index (χ0n) is 11.5. The molecule has 0 aromatic heterocycles. The molecule has 0 aliphatic carbocycles. The van der Waals surface area contributed by atoms with Crippen molar-refractivity contribution in [2.24, 2.45) is 5.73 Å². The number of amides is 1. The van der Waals surface area contributed by atoms with Crippen LogP contribution >= 0.6 is 0 Å². The highest BCUT2D eigenvalue weighted by Gasteiger charge is 2.33. The molecule has 1 rings (SSSR count). The standard InChI is InChI=1S/C13H26N2O3/c1-3-4-5-11(14)12(16)15(2)10-13(17)6-8-18-9-7-13/h11,17H,3-10,14H2,1-2H3/t11-/m0/s1. The lowest BCUT2D eigenvalue weighted by atomic mass is 9.93. The van der Waals surface area contributed by atoms with E-state index >= 15 is 0 Å². The van der Waals surface area contributed by atoms with Gasteiger partial charge in [0.2, 0.25) is 5.91 Å². The average molecular weight is 258 g/mol. The Balaban J connectivity index is 2.43. The largest absolute Gasteiger partial charge is 0.388 e. The highest BCUT2D eigenvalue weighted by molar-refractivity contribution is 5.81. The number of aliphatic hydroxyl groups is 1. The van der Waals surface area contributed by atoms with E-state index in [4.69, 9.17) is 10.5 Å². The maximum absolute atomic E-state index is 12.0. The number of hydrogen-bond donors (Lipinski definition) is 2. The summed E-state index contributed by atoms with van der Waals surface area (Å²) in [7, 11) is 1.71. The monoisotopic (exact) mass is 258 g/mol. The second kappa shape index (κ2) is 7.07. The van der Waals surface area contributed by atoms with E-state index in [2.05, 4.69) is 6.92 Å². The summed E-state index contributed by atoms with van der Waals surface area (Å²) in [6, 6.07) is -0.446. The maximum atomic E-state index is 12.0. The van der Waals surface area contributed by atoms with Gasteiger partial charge in [-0.3, -0.25) is 4.79 Å². The SMILES string of the molecule is CCCC[C@H](N)C(=O)N(C)CC1(O)CCOCC1. The van der Waals surface area contributed by atoms with Crippen LogP contribution < -0.4 is 5.73 Å². The highest BCUT2D eigenvalue weighted by atomic mass is 16.5. The molecule has 0 aromatic rings. The van der Waals surface area contributed by atoms with Gasteiger partial charge in [0.05, 0.1) is 11.6 Å². The summed E-state index contributed by atoms with van der Waals surface area (Å²) < 4.78 is 5.22. The first-order chi connectivity index (χ1) is 8.48. The van der Waals surface area contributed by atoms with E-state index in [0.717, 1.165) is 12.8 Å². The van der Waals surface area contributed by atoms with Crippen molar-refractivity contribution < 1.29 is 14.6 Å². The first kappa shape index (κ1) is 15.4. The molecule has 0 spiro atoms. The van der Waals surface area contributed by atoms with Gasteiger partial charge in [-0.1, -0.05) is 19.8 Å². The van der Waals surface area contributed by atoms with E-state index in [-0.39, 0.29) is 5.91 Å². The molecule has 5 nitrogen and oxygen atoms in total. The van der Waals surface area contributed by atoms with E-state index < -0.39 is 11.6 Å².